The van der Waals surface area contributed by atoms with Crippen LogP contribution < -0.4 is 5.73 Å². The van der Waals surface area contributed by atoms with Crippen LogP contribution in [-0.2, 0) is 0 Å². The van der Waals surface area contributed by atoms with Crippen molar-refractivity contribution < 1.29 is 0 Å². The summed E-state index contributed by atoms with van der Waals surface area (Å²) < 4.78 is 1.96. The number of nitrogen functional groups attached to an aromatic ring is 1. The lowest BCUT2D eigenvalue weighted by Gasteiger charge is -2.11. The molecule has 1 atom stereocenters. The molecule has 0 radical (unpaired) electrons. The summed E-state index contributed by atoms with van der Waals surface area (Å²) in [6.07, 6.45) is 4.68. The van der Waals surface area contributed by atoms with Crippen molar-refractivity contribution in [2.45, 2.75) is 30.8 Å². The summed E-state index contributed by atoms with van der Waals surface area (Å²) in [5.41, 5.74) is 5.87. The molecule has 0 bridgehead atoms. The van der Waals surface area contributed by atoms with Crippen molar-refractivity contribution in [3.63, 3.8) is 0 Å². The lowest BCUT2D eigenvalue weighted by Crippen LogP contribution is -2.11. The van der Waals surface area contributed by atoms with Gasteiger partial charge >= 0.3 is 0 Å². The minimum Gasteiger partial charge on any atom is -0.384 e. The topological polar surface area (TPSA) is 43.8 Å². The summed E-state index contributed by atoms with van der Waals surface area (Å²) in [5, 5.41) is 5.46. The van der Waals surface area contributed by atoms with E-state index in [-0.39, 0.29) is 0 Å². The molecule has 1 aromatic rings. The van der Waals surface area contributed by atoms with E-state index < -0.39 is 0 Å². The Bertz CT molecular complexity index is 304. The van der Waals surface area contributed by atoms with Gasteiger partial charge in [0.15, 0.2) is 0 Å². The van der Waals surface area contributed by atoms with Gasteiger partial charge in [-0.2, -0.15) is 5.10 Å². The standard InChI is InChI=1S/C9H15N3S/c1-6(7-3-4-7)12-8(10)5-9(11-12)13-2/h5-7H,3-4,10H2,1-2H3. The fourth-order valence-corrected chi connectivity index (χ4v) is 2.00. The van der Waals surface area contributed by atoms with Crippen LogP contribution >= 0.6 is 11.8 Å². The Hall–Kier alpha value is -0.640. The molecule has 0 saturated heterocycles. The first-order chi connectivity index (χ1) is 6.22. The average molecular weight is 197 g/mol. The van der Waals surface area contributed by atoms with Crippen LogP contribution in [0.25, 0.3) is 0 Å². The number of nitrogens with two attached hydrogens (primary N) is 1. The third kappa shape index (κ3) is 1.68. The number of hydrogen-bond acceptors (Lipinski definition) is 3. The van der Waals surface area contributed by atoms with E-state index in [9.17, 15) is 0 Å². The predicted molar refractivity (Wildman–Crippen MR) is 55.9 cm³/mol. The molecule has 0 amide bonds. The third-order valence-corrected chi connectivity index (χ3v) is 3.26. The highest BCUT2D eigenvalue weighted by atomic mass is 32.2. The van der Waals surface area contributed by atoms with Crippen molar-refractivity contribution in [3.05, 3.63) is 6.07 Å². The fourth-order valence-electron chi connectivity index (χ4n) is 1.59. The Morgan fingerprint density at radius 2 is 2.38 bits per heavy atom. The van der Waals surface area contributed by atoms with E-state index in [2.05, 4.69) is 12.0 Å². The van der Waals surface area contributed by atoms with Gasteiger partial charge in [0, 0.05) is 6.07 Å². The van der Waals surface area contributed by atoms with Crippen molar-refractivity contribution in [3.8, 4) is 0 Å². The Morgan fingerprint density at radius 3 is 2.85 bits per heavy atom. The molecule has 2 N–H and O–H groups in total. The van der Waals surface area contributed by atoms with Crippen LogP contribution in [0, 0.1) is 5.92 Å². The van der Waals surface area contributed by atoms with Gasteiger partial charge in [-0.05, 0) is 31.9 Å². The summed E-state index contributed by atoms with van der Waals surface area (Å²) in [5.74, 6) is 1.60. The summed E-state index contributed by atoms with van der Waals surface area (Å²) in [6.45, 7) is 2.20. The van der Waals surface area contributed by atoms with Crippen molar-refractivity contribution >= 4 is 17.6 Å². The minimum absolute atomic E-state index is 0.473. The highest BCUT2D eigenvalue weighted by Gasteiger charge is 2.30. The molecule has 1 saturated carbocycles. The Labute approximate surface area is 82.7 Å². The number of thioether (sulfide) groups is 1. The van der Waals surface area contributed by atoms with Crippen molar-refractivity contribution in [2.75, 3.05) is 12.0 Å². The Kier molecular flexibility index (Phi) is 2.24. The van der Waals surface area contributed by atoms with Crippen LogP contribution in [0.15, 0.2) is 11.1 Å². The SMILES string of the molecule is CSc1cc(N)n(C(C)C2CC2)n1. The zero-order chi connectivity index (χ0) is 9.42. The van der Waals surface area contributed by atoms with E-state index in [1.807, 2.05) is 17.0 Å². The summed E-state index contributed by atoms with van der Waals surface area (Å²) >= 11 is 1.64. The molecule has 1 aliphatic rings. The quantitative estimate of drug-likeness (QED) is 0.755. The fraction of sp³-hybridized carbons (Fsp3) is 0.667. The first kappa shape index (κ1) is 8.94. The van der Waals surface area contributed by atoms with Crippen LogP contribution in [-0.4, -0.2) is 16.0 Å². The highest BCUT2D eigenvalue weighted by Crippen LogP contribution is 2.40. The van der Waals surface area contributed by atoms with Crippen molar-refractivity contribution in [1.82, 2.24) is 9.78 Å². The second-order valence-electron chi connectivity index (χ2n) is 3.63. The number of hydrogen-bond donors (Lipinski definition) is 1. The minimum atomic E-state index is 0.473. The molecule has 1 aromatic heterocycles. The van der Waals surface area contributed by atoms with Crippen molar-refractivity contribution in [1.29, 1.82) is 0 Å². The van der Waals surface area contributed by atoms with Gasteiger partial charge < -0.3 is 5.73 Å². The molecular formula is C9H15N3S. The maximum absolute atomic E-state index is 5.87. The monoisotopic (exact) mass is 197 g/mol. The van der Waals surface area contributed by atoms with Crippen LogP contribution in [0.2, 0.25) is 0 Å². The highest BCUT2D eigenvalue weighted by molar-refractivity contribution is 7.98. The van der Waals surface area contributed by atoms with Gasteiger partial charge in [-0.3, -0.25) is 0 Å². The lowest BCUT2D eigenvalue weighted by atomic mass is 10.2. The Balaban J connectivity index is 2.22. The van der Waals surface area contributed by atoms with Gasteiger partial charge in [-0.15, -0.1) is 11.8 Å². The normalized spacial score (nSPS) is 18.9. The molecule has 0 spiro atoms. The zero-order valence-corrected chi connectivity index (χ0v) is 8.84. The van der Waals surface area contributed by atoms with E-state index in [0.717, 1.165) is 16.8 Å². The zero-order valence-electron chi connectivity index (χ0n) is 8.03. The first-order valence-corrected chi connectivity index (χ1v) is 5.84. The van der Waals surface area contributed by atoms with Gasteiger partial charge in [0.05, 0.1) is 6.04 Å². The van der Waals surface area contributed by atoms with Gasteiger partial charge in [0.1, 0.15) is 10.8 Å². The molecule has 1 fully saturated rings. The summed E-state index contributed by atoms with van der Waals surface area (Å²) in [6, 6.07) is 2.42. The third-order valence-electron chi connectivity index (χ3n) is 2.64. The summed E-state index contributed by atoms with van der Waals surface area (Å²) in [4.78, 5) is 0. The van der Waals surface area contributed by atoms with E-state index in [1.165, 1.54) is 12.8 Å². The maximum atomic E-state index is 5.87. The number of aromatic nitrogens is 2. The number of nitrogens with zero attached hydrogens (tertiary/aromatic N) is 2. The van der Waals surface area contributed by atoms with E-state index in [1.54, 1.807) is 11.8 Å². The molecular weight excluding hydrogens is 182 g/mol. The van der Waals surface area contributed by atoms with E-state index in [0.29, 0.717) is 6.04 Å². The smallest absolute Gasteiger partial charge is 0.123 e. The molecule has 3 nitrogen and oxygen atoms in total. The molecule has 0 aliphatic heterocycles. The number of rotatable bonds is 3. The average Bonchev–Trinajstić information content (AvgIpc) is 2.89. The molecule has 1 unspecified atom stereocenters. The second-order valence-corrected chi connectivity index (χ2v) is 4.46. The van der Waals surface area contributed by atoms with Gasteiger partial charge in [-0.1, -0.05) is 0 Å². The summed E-state index contributed by atoms with van der Waals surface area (Å²) in [7, 11) is 0. The molecule has 4 heteroatoms. The largest absolute Gasteiger partial charge is 0.384 e. The number of anilines is 1. The van der Waals surface area contributed by atoms with E-state index in [4.69, 9.17) is 5.73 Å². The molecule has 2 rings (SSSR count). The first-order valence-electron chi connectivity index (χ1n) is 4.61. The van der Waals surface area contributed by atoms with Crippen LogP contribution in [0.5, 0.6) is 0 Å². The van der Waals surface area contributed by atoms with Gasteiger partial charge in [0.2, 0.25) is 0 Å². The molecule has 0 aromatic carbocycles. The van der Waals surface area contributed by atoms with Gasteiger partial charge in [0.25, 0.3) is 0 Å². The molecule has 1 aliphatic carbocycles. The molecule has 72 valence electrons. The van der Waals surface area contributed by atoms with E-state index >= 15 is 0 Å². The molecule has 1 heterocycles. The lowest BCUT2D eigenvalue weighted by molar-refractivity contribution is 0.439. The molecule has 13 heavy (non-hydrogen) atoms. The second kappa shape index (κ2) is 3.25. The van der Waals surface area contributed by atoms with Crippen molar-refractivity contribution in [2.24, 2.45) is 5.92 Å². The van der Waals surface area contributed by atoms with Crippen LogP contribution in [0.3, 0.4) is 0 Å². The maximum Gasteiger partial charge on any atom is 0.123 e. The van der Waals surface area contributed by atoms with Crippen LogP contribution in [0.1, 0.15) is 25.8 Å². The Morgan fingerprint density at radius 1 is 1.69 bits per heavy atom. The van der Waals surface area contributed by atoms with Gasteiger partial charge in [-0.25, -0.2) is 4.68 Å². The predicted octanol–water partition coefficient (Wildman–Crippen LogP) is 2.16. The van der Waals surface area contributed by atoms with Crippen LogP contribution in [0.4, 0.5) is 5.82 Å².